The molecular formula is C31H31F7N4O3. The average molecular weight is 641 g/mol. The lowest BCUT2D eigenvalue weighted by Crippen LogP contribution is -2.54. The van der Waals surface area contributed by atoms with Crippen LogP contribution in [0.3, 0.4) is 0 Å². The number of benzene rings is 2. The van der Waals surface area contributed by atoms with Gasteiger partial charge in [-0.1, -0.05) is 6.07 Å². The average Bonchev–Trinajstić information content (AvgIpc) is 2.98. The summed E-state index contributed by atoms with van der Waals surface area (Å²) in [6.07, 6.45) is -8.20. The maximum Gasteiger partial charge on any atom is 0.416 e. The van der Waals surface area contributed by atoms with Crippen molar-refractivity contribution in [2.45, 2.75) is 44.6 Å². The molecule has 4 rings (SSSR count). The number of anilines is 2. The molecule has 1 fully saturated rings. The van der Waals surface area contributed by atoms with Crippen LogP contribution in [0.15, 0.2) is 48.7 Å². The van der Waals surface area contributed by atoms with Gasteiger partial charge in [-0.25, -0.2) is 9.37 Å². The minimum atomic E-state index is -5.10. The zero-order chi connectivity index (χ0) is 33.5. The van der Waals surface area contributed by atoms with Gasteiger partial charge < -0.3 is 19.8 Å². The van der Waals surface area contributed by atoms with E-state index in [9.17, 15) is 45.4 Å². The van der Waals surface area contributed by atoms with E-state index in [1.807, 2.05) is 0 Å². The Kier molecular flexibility index (Phi) is 9.21. The van der Waals surface area contributed by atoms with E-state index < -0.39 is 52.2 Å². The van der Waals surface area contributed by atoms with Crippen LogP contribution in [0.1, 0.15) is 36.1 Å². The number of hydrogen-bond acceptors (Lipinski definition) is 5. The Bertz CT molecular complexity index is 1560. The molecule has 0 aliphatic carbocycles. The van der Waals surface area contributed by atoms with E-state index in [-0.39, 0.29) is 24.9 Å². The number of halogens is 7. The predicted molar refractivity (Wildman–Crippen MR) is 153 cm³/mol. The fourth-order valence-corrected chi connectivity index (χ4v) is 5.41. The molecule has 14 heteroatoms. The van der Waals surface area contributed by atoms with Gasteiger partial charge >= 0.3 is 12.4 Å². The van der Waals surface area contributed by atoms with Gasteiger partial charge in [-0.15, -0.1) is 0 Å². The summed E-state index contributed by atoms with van der Waals surface area (Å²) in [4.78, 5) is 34.1. The zero-order valence-corrected chi connectivity index (χ0v) is 24.8. The first-order chi connectivity index (χ1) is 20.9. The number of aliphatic hydroxyl groups is 1. The minimum Gasteiger partial charge on any atom is -0.394 e. The van der Waals surface area contributed by atoms with Crippen LogP contribution in [0.5, 0.6) is 0 Å². The fourth-order valence-electron chi connectivity index (χ4n) is 5.41. The largest absolute Gasteiger partial charge is 0.416 e. The second-order valence-electron chi connectivity index (χ2n) is 11.4. The summed E-state index contributed by atoms with van der Waals surface area (Å²) in [6, 6.07) is 6.12. The second-order valence-corrected chi connectivity index (χ2v) is 11.4. The number of aryl methyl sites for hydroxylation is 1. The Morgan fingerprint density at radius 1 is 0.978 bits per heavy atom. The number of nitrogens with zero attached hydrogens (tertiary/aromatic N) is 4. The molecule has 242 valence electrons. The van der Waals surface area contributed by atoms with Gasteiger partial charge in [-0.3, -0.25) is 9.59 Å². The predicted octanol–water partition coefficient (Wildman–Crippen LogP) is 5.81. The highest BCUT2D eigenvalue weighted by atomic mass is 19.4. The Morgan fingerprint density at radius 2 is 1.58 bits per heavy atom. The molecule has 1 N–H and O–H groups in total. The molecule has 0 saturated carbocycles. The fraction of sp³-hybridized carbons (Fsp3) is 0.387. The smallest absolute Gasteiger partial charge is 0.394 e. The second kappa shape index (κ2) is 12.3. The quantitative estimate of drug-likeness (QED) is 0.261. The van der Waals surface area contributed by atoms with Crippen LogP contribution in [0.4, 0.5) is 42.2 Å². The van der Waals surface area contributed by atoms with Crippen LogP contribution in [-0.4, -0.2) is 66.6 Å². The van der Waals surface area contributed by atoms with Crippen molar-refractivity contribution in [3.05, 3.63) is 76.7 Å². The van der Waals surface area contributed by atoms with Crippen molar-refractivity contribution >= 4 is 23.8 Å². The lowest BCUT2D eigenvalue weighted by atomic mass is 9.81. The van der Waals surface area contributed by atoms with Crippen LogP contribution in [0.2, 0.25) is 0 Å². The molecule has 1 aliphatic rings. The Hall–Kier alpha value is -4.20. The van der Waals surface area contributed by atoms with E-state index >= 15 is 0 Å². The van der Waals surface area contributed by atoms with E-state index in [1.54, 1.807) is 17.9 Å². The summed E-state index contributed by atoms with van der Waals surface area (Å²) in [7, 11) is 1.32. The molecule has 0 spiro atoms. The third kappa shape index (κ3) is 6.90. The SMILES string of the molecule is Cc1cc(F)ccc1-c1cc(N2CCN(C=O)CC2CO)ncc1N(C)C(=O)C(C)(C)c1cc(C(F)(F)F)cc(C(F)(F)F)c1. The molecule has 2 heterocycles. The van der Waals surface area contributed by atoms with Crippen LogP contribution >= 0.6 is 0 Å². The molecule has 7 nitrogen and oxygen atoms in total. The van der Waals surface area contributed by atoms with E-state index in [4.69, 9.17) is 0 Å². The van der Waals surface area contributed by atoms with Crippen molar-refractivity contribution in [3.8, 4) is 11.1 Å². The van der Waals surface area contributed by atoms with E-state index in [1.165, 1.54) is 50.2 Å². The summed E-state index contributed by atoms with van der Waals surface area (Å²) in [5, 5.41) is 10.0. The normalized spacial score (nSPS) is 16.1. The molecule has 45 heavy (non-hydrogen) atoms. The number of aliphatic hydroxyl groups excluding tert-OH is 1. The number of likely N-dealkylation sites (N-methyl/N-ethyl adjacent to an activating group) is 1. The number of aromatic nitrogens is 1. The Morgan fingerprint density at radius 3 is 2.11 bits per heavy atom. The molecule has 1 atom stereocenters. The molecule has 1 aliphatic heterocycles. The van der Waals surface area contributed by atoms with E-state index in [2.05, 4.69) is 4.98 Å². The van der Waals surface area contributed by atoms with Gasteiger partial charge in [0.2, 0.25) is 12.3 Å². The molecule has 0 radical (unpaired) electrons. The molecule has 3 aromatic rings. The minimum absolute atomic E-state index is 0.000389. The molecular weight excluding hydrogens is 609 g/mol. The Balaban J connectivity index is 1.83. The summed E-state index contributed by atoms with van der Waals surface area (Å²) in [6.45, 7) is 4.67. The number of alkyl halides is 6. The molecule has 0 bridgehead atoms. The number of carbonyl (C=O) groups excluding carboxylic acids is 2. The Labute approximate surface area is 254 Å². The summed E-state index contributed by atoms with van der Waals surface area (Å²) in [5.74, 6) is -0.985. The van der Waals surface area contributed by atoms with Gasteiger partial charge in [0.1, 0.15) is 11.6 Å². The van der Waals surface area contributed by atoms with Gasteiger partial charge in [-0.05, 0) is 73.9 Å². The van der Waals surface area contributed by atoms with Gasteiger partial charge in [0.25, 0.3) is 0 Å². The summed E-state index contributed by atoms with van der Waals surface area (Å²) in [5.41, 5.74) is -3.97. The highest BCUT2D eigenvalue weighted by molar-refractivity contribution is 6.03. The first kappa shape index (κ1) is 33.7. The van der Waals surface area contributed by atoms with Gasteiger partial charge in [0.15, 0.2) is 0 Å². The van der Waals surface area contributed by atoms with Crippen LogP contribution in [-0.2, 0) is 27.4 Å². The maximum atomic E-state index is 14.1. The van der Waals surface area contributed by atoms with Crippen molar-refractivity contribution < 1.29 is 45.4 Å². The molecule has 2 amide bonds. The van der Waals surface area contributed by atoms with Gasteiger partial charge in [-0.2, -0.15) is 26.3 Å². The number of carbonyl (C=O) groups is 2. The number of hydrogen-bond donors (Lipinski definition) is 1. The first-order valence-corrected chi connectivity index (χ1v) is 13.8. The monoisotopic (exact) mass is 640 g/mol. The van der Waals surface area contributed by atoms with Crippen LogP contribution in [0.25, 0.3) is 11.1 Å². The first-order valence-electron chi connectivity index (χ1n) is 13.8. The molecule has 1 aromatic heterocycles. The summed E-state index contributed by atoms with van der Waals surface area (Å²) >= 11 is 0. The number of piperazine rings is 1. The molecule has 1 saturated heterocycles. The van der Waals surface area contributed by atoms with Crippen molar-refractivity contribution in [1.29, 1.82) is 0 Å². The summed E-state index contributed by atoms with van der Waals surface area (Å²) < 4.78 is 95.7. The standard InChI is InChI=1S/C31H31F7N4O3/c1-18-9-22(32)5-6-24(18)25-13-27(42-8-7-41(17-44)15-23(42)16-43)39-14-26(25)40(4)28(45)29(2,3)19-10-20(30(33,34)35)12-21(11-19)31(36,37)38/h5-6,9-14,17,23,43H,7-8,15-16H2,1-4H3. The molecule has 1 unspecified atom stereocenters. The number of pyridine rings is 1. The van der Waals surface area contributed by atoms with Crippen LogP contribution in [0, 0.1) is 12.7 Å². The highest BCUT2D eigenvalue weighted by Gasteiger charge is 2.41. The highest BCUT2D eigenvalue weighted by Crippen LogP contribution is 2.41. The van der Waals surface area contributed by atoms with Crippen LogP contribution < -0.4 is 9.80 Å². The topological polar surface area (TPSA) is 77.0 Å². The number of rotatable bonds is 7. The van der Waals surface area contributed by atoms with Crippen molar-refractivity contribution in [2.75, 3.05) is 43.1 Å². The zero-order valence-electron chi connectivity index (χ0n) is 24.8. The third-order valence-electron chi connectivity index (χ3n) is 8.03. The van der Waals surface area contributed by atoms with Crippen molar-refractivity contribution in [2.24, 2.45) is 0 Å². The van der Waals surface area contributed by atoms with Crippen molar-refractivity contribution in [3.63, 3.8) is 0 Å². The maximum absolute atomic E-state index is 14.1. The molecule has 2 aromatic carbocycles. The van der Waals surface area contributed by atoms with Crippen molar-refractivity contribution in [1.82, 2.24) is 9.88 Å². The van der Waals surface area contributed by atoms with E-state index in [0.717, 1.165) is 4.90 Å². The lowest BCUT2D eigenvalue weighted by Gasteiger charge is -2.40. The third-order valence-corrected chi connectivity index (χ3v) is 8.03. The van der Waals surface area contributed by atoms with Gasteiger partial charge in [0.05, 0.1) is 41.1 Å². The van der Waals surface area contributed by atoms with Gasteiger partial charge in [0, 0.05) is 32.2 Å². The number of amides is 2. The van der Waals surface area contributed by atoms with E-state index in [0.29, 0.717) is 54.1 Å². The lowest BCUT2D eigenvalue weighted by molar-refractivity contribution is -0.143.